The SMILES string of the molecule is CN(CCCc1ccccc1)c1nc(N)nc(Cl)n1. The molecule has 0 spiro atoms. The molecule has 1 aromatic carbocycles. The average molecular weight is 278 g/mol. The van der Waals surface area contributed by atoms with E-state index >= 15 is 0 Å². The van der Waals surface area contributed by atoms with Crippen molar-refractivity contribution in [1.82, 2.24) is 15.0 Å². The molecule has 1 aromatic heterocycles. The maximum atomic E-state index is 5.76. The van der Waals surface area contributed by atoms with Gasteiger partial charge in [0.05, 0.1) is 0 Å². The van der Waals surface area contributed by atoms with Crippen molar-refractivity contribution in [1.29, 1.82) is 0 Å². The second kappa shape index (κ2) is 6.33. The Balaban J connectivity index is 1.89. The van der Waals surface area contributed by atoms with Gasteiger partial charge in [0.1, 0.15) is 0 Å². The van der Waals surface area contributed by atoms with Crippen molar-refractivity contribution in [2.45, 2.75) is 12.8 Å². The second-order valence-corrected chi connectivity index (χ2v) is 4.61. The maximum Gasteiger partial charge on any atom is 0.231 e. The van der Waals surface area contributed by atoms with Gasteiger partial charge in [0, 0.05) is 13.6 Å². The van der Waals surface area contributed by atoms with E-state index in [9.17, 15) is 0 Å². The first-order chi connectivity index (χ1) is 9.15. The van der Waals surface area contributed by atoms with E-state index in [1.165, 1.54) is 5.56 Å². The van der Waals surface area contributed by atoms with E-state index in [4.69, 9.17) is 17.3 Å². The number of hydrogen-bond donors (Lipinski definition) is 1. The minimum atomic E-state index is 0.123. The Kier molecular flexibility index (Phi) is 4.52. The normalized spacial score (nSPS) is 10.4. The van der Waals surface area contributed by atoms with Gasteiger partial charge in [-0.15, -0.1) is 0 Å². The van der Waals surface area contributed by atoms with E-state index in [1.54, 1.807) is 0 Å². The van der Waals surface area contributed by atoms with Crippen LogP contribution in [0.4, 0.5) is 11.9 Å². The van der Waals surface area contributed by atoms with Crippen molar-refractivity contribution >= 4 is 23.5 Å². The van der Waals surface area contributed by atoms with Crippen LogP contribution in [0.25, 0.3) is 0 Å². The quantitative estimate of drug-likeness (QED) is 0.907. The topological polar surface area (TPSA) is 67.9 Å². The summed E-state index contributed by atoms with van der Waals surface area (Å²) >= 11 is 5.76. The molecule has 0 bridgehead atoms. The number of benzene rings is 1. The minimum absolute atomic E-state index is 0.123. The molecule has 1 heterocycles. The van der Waals surface area contributed by atoms with E-state index in [0.717, 1.165) is 19.4 Å². The summed E-state index contributed by atoms with van der Waals surface area (Å²) < 4.78 is 0. The van der Waals surface area contributed by atoms with Crippen molar-refractivity contribution in [2.75, 3.05) is 24.2 Å². The Morgan fingerprint density at radius 1 is 1.16 bits per heavy atom. The summed E-state index contributed by atoms with van der Waals surface area (Å²) in [4.78, 5) is 13.8. The molecule has 19 heavy (non-hydrogen) atoms. The molecule has 0 aliphatic heterocycles. The van der Waals surface area contributed by atoms with Crippen LogP contribution in [0.5, 0.6) is 0 Å². The Hall–Kier alpha value is -1.88. The van der Waals surface area contributed by atoms with Gasteiger partial charge in [-0.3, -0.25) is 0 Å². The lowest BCUT2D eigenvalue weighted by Crippen LogP contribution is -2.22. The molecular weight excluding hydrogens is 262 g/mol. The third-order valence-electron chi connectivity index (χ3n) is 2.76. The van der Waals surface area contributed by atoms with E-state index in [-0.39, 0.29) is 11.2 Å². The first-order valence-electron chi connectivity index (χ1n) is 6.07. The van der Waals surface area contributed by atoms with Crippen LogP contribution < -0.4 is 10.6 Å². The van der Waals surface area contributed by atoms with Crippen LogP contribution in [0, 0.1) is 0 Å². The second-order valence-electron chi connectivity index (χ2n) is 4.27. The molecule has 0 aliphatic carbocycles. The predicted octanol–water partition coefficient (Wildman–Crippen LogP) is 2.18. The fourth-order valence-electron chi connectivity index (χ4n) is 1.79. The number of aromatic nitrogens is 3. The number of nitrogens with zero attached hydrogens (tertiary/aromatic N) is 4. The first kappa shape index (κ1) is 13.5. The molecule has 0 atom stereocenters. The minimum Gasteiger partial charge on any atom is -0.368 e. The van der Waals surface area contributed by atoms with Crippen LogP contribution in [-0.4, -0.2) is 28.5 Å². The summed E-state index contributed by atoms with van der Waals surface area (Å²) in [7, 11) is 1.91. The number of halogens is 1. The molecule has 5 nitrogen and oxygen atoms in total. The molecule has 100 valence electrons. The number of rotatable bonds is 5. The number of nitrogens with two attached hydrogens (primary N) is 1. The van der Waals surface area contributed by atoms with E-state index in [1.807, 2.05) is 30.1 Å². The maximum absolute atomic E-state index is 5.76. The zero-order chi connectivity index (χ0) is 13.7. The third kappa shape index (κ3) is 4.06. The summed E-state index contributed by atoms with van der Waals surface area (Å²) in [6.07, 6.45) is 2.02. The Labute approximate surface area is 117 Å². The number of anilines is 2. The van der Waals surface area contributed by atoms with Crippen molar-refractivity contribution < 1.29 is 0 Å². The number of nitrogen functional groups attached to an aromatic ring is 1. The number of aryl methyl sites for hydroxylation is 1. The summed E-state index contributed by atoms with van der Waals surface area (Å²) in [5.41, 5.74) is 6.87. The highest BCUT2D eigenvalue weighted by molar-refractivity contribution is 6.28. The van der Waals surface area contributed by atoms with Crippen LogP contribution in [0.2, 0.25) is 5.28 Å². The van der Waals surface area contributed by atoms with E-state index in [0.29, 0.717) is 5.95 Å². The van der Waals surface area contributed by atoms with E-state index in [2.05, 4.69) is 27.1 Å². The molecule has 0 unspecified atom stereocenters. The molecule has 0 amide bonds. The molecule has 2 N–H and O–H groups in total. The Morgan fingerprint density at radius 3 is 2.58 bits per heavy atom. The van der Waals surface area contributed by atoms with Crippen LogP contribution >= 0.6 is 11.6 Å². The van der Waals surface area contributed by atoms with Crippen molar-refractivity contribution in [3.05, 3.63) is 41.2 Å². The largest absolute Gasteiger partial charge is 0.368 e. The standard InChI is InChI=1S/C13H16ClN5/c1-19(13-17-11(14)16-12(15)18-13)9-5-8-10-6-3-2-4-7-10/h2-4,6-7H,5,8-9H2,1H3,(H2,15,16,17,18). The highest BCUT2D eigenvalue weighted by Crippen LogP contribution is 2.11. The molecule has 6 heteroatoms. The van der Waals surface area contributed by atoms with E-state index < -0.39 is 0 Å². The fraction of sp³-hybridized carbons (Fsp3) is 0.308. The first-order valence-corrected chi connectivity index (χ1v) is 6.45. The Morgan fingerprint density at radius 2 is 1.89 bits per heavy atom. The average Bonchev–Trinajstić information content (AvgIpc) is 2.38. The van der Waals surface area contributed by atoms with Gasteiger partial charge in [0.15, 0.2) is 0 Å². The monoisotopic (exact) mass is 277 g/mol. The van der Waals surface area contributed by atoms with Gasteiger partial charge >= 0.3 is 0 Å². The molecule has 0 saturated heterocycles. The smallest absolute Gasteiger partial charge is 0.231 e. The molecule has 0 radical (unpaired) electrons. The predicted molar refractivity (Wildman–Crippen MR) is 77.3 cm³/mol. The fourth-order valence-corrected chi connectivity index (χ4v) is 1.95. The van der Waals surface area contributed by atoms with Gasteiger partial charge in [-0.25, -0.2) is 0 Å². The third-order valence-corrected chi connectivity index (χ3v) is 2.93. The molecule has 0 saturated carbocycles. The Bertz CT molecular complexity index is 512. The molecule has 2 rings (SSSR count). The van der Waals surface area contributed by atoms with Crippen LogP contribution in [-0.2, 0) is 6.42 Å². The van der Waals surface area contributed by atoms with Gasteiger partial charge in [-0.1, -0.05) is 30.3 Å². The summed E-state index contributed by atoms with van der Waals surface area (Å²) in [6, 6.07) is 10.4. The van der Waals surface area contributed by atoms with Crippen LogP contribution in [0.1, 0.15) is 12.0 Å². The van der Waals surface area contributed by atoms with Crippen molar-refractivity contribution in [2.24, 2.45) is 0 Å². The van der Waals surface area contributed by atoms with Gasteiger partial charge in [0.2, 0.25) is 17.2 Å². The lowest BCUT2D eigenvalue weighted by molar-refractivity contribution is 0.763. The molecule has 0 aliphatic rings. The lowest BCUT2D eigenvalue weighted by atomic mass is 10.1. The van der Waals surface area contributed by atoms with Crippen LogP contribution in [0.3, 0.4) is 0 Å². The van der Waals surface area contributed by atoms with Gasteiger partial charge in [-0.2, -0.15) is 15.0 Å². The molecular formula is C13H16ClN5. The summed E-state index contributed by atoms with van der Waals surface area (Å²) in [5.74, 6) is 0.649. The summed E-state index contributed by atoms with van der Waals surface area (Å²) in [5, 5.41) is 0.123. The molecule has 2 aromatic rings. The number of hydrogen-bond acceptors (Lipinski definition) is 5. The van der Waals surface area contributed by atoms with Crippen molar-refractivity contribution in [3.63, 3.8) is 0 Å². The zero-order valence-electron chi connectivity index (χ0n) is 10.8. The van der Waals surface area contributed by atoms with Gasteiger partial charge in [-0.05, 0) is 30.0 Å². The van der Waals surface area contributed by atoms with Gasteiger partial charge in [0.25, 0.3) is 0 Å². The van der Waals surface area contributed by atoms with Crippen LogP contribution in [0.15, 0.2) is 30.3 Å². The highest BCUT2D eigenvalue weighted by Gasteiger charge is 2.07. The van der Waals surface area contributed by atoms with Crippen molar-refractivity contribution in [3.8, 4) is 0 Å². The zero-order valence-corrected chi connectivity index (χ0v) is 11.5. The van der Waals surface area contributed by atoms with Gasteiger partial charge < -0.3 is 10.6 Å². The highest BCUT2D eigenvalue weighted by atomic mass is 35.5. The lowest BCUT2D eigenvalue weighted by Gasteiger charge is -2.16. The summed E-state index contributed by atoms with van der Waals surface area (Å²) in [6.45, 7) is 0.828. The molecule has 0 fully saturated rings.